The third-order valence-corrected chi connectivity index (χ3v) is 6.07. The molecule has 3 aromatic rings. The second-order valence-corrected chi connectivity index (χ2v) is 8.58. The van der Waals surface area contributed by atoms with E-state index in [2.05, 4.69) is 20.0 Å². The summed E-state index contributed by atoms with van der Waals surface area (Å²) in [7, 11) is -2.61. The van der Waals surface area contributed by atoms with Crippen LogP contribution in [-0.2, 0) is 14.8 Å². The van der Waals surface area contributed by atoms with Crippen molar-refractivity contribution >= 4 is 49.8 Å². The molecule has 2 N–H and O–H groups in total. The number of nitro groups is 1. The molecule has 0 saturated carbocycles. The Balaban J connectivity index is 0.00000363. The third kappa shape index (κ3) is 6.09. The predicted octanol–water partition coefficient (Wildman–Crippen LogP) is 3.54. The number of carbonyl (C=O) groups is 1. The quantitative estimate of drug-likeness (QED) is 0.284. The lowest BCUT2D eigenvalue weighted by Crippen LogP contribution is -2.15. The fraction of sp³-hybridized carbons (Fsp3) is 0.105. The molecule has 11 nitrogen and oxygen atoms in total. The molecule has 0 spiro atoms. The molecule has 2 heterocycles. The molecule has 0 aliphatic carbocycles. The van der Waals surface area contributed by atoms with Crippen molar-refractivity contribution in [2.75, 3.05) is 17.1 Å². The Bertz CT molecular complexity index is 1240. The zero-order valence-electron chi connectivity index (χ0n) is 15.9. The van der Waals surface area contributed by atoms with Gasteiger partial charge >= 0.3 is 5.00 Å². The smallest absolute Gasteiger partial charge is 0.324 e. The van der Waals surface area contributed by atoms with Crippen molar-refractivity contribution in [2.45, 2.75) is 12.3 Å². The van der Waals surface area contributed by atoms with Gasteiger partial charge in [0.2, 0.25) is 11.7 Å². The lowest BCUT2D eigenvalue weighted by Gasteiger charge is -2.10. The largest absolute Gasteiger partial charge is 0.478 e. The number of ether oxygens (including phenoxy) is 1. The van der Waals surface area contributed by atoms with Gasteiger partial charge in [0.05, 0.1) is 16.9 Å². The first-order valence-electron chi connectivity index (χ1n) is 8.49. The van der Waals surface area contributed by atoms with Crippen LogP contribution in [0.1, 0.15) is 12.3 Å². The highest BCUT2D eigenvalue weighted by atomic mass is 32.2. The third-order valence-electron chi connectivity index (χ3n) is 3.71. The molecule has 168 valence electrons. The molecule has 0 unspecified atom stereocenters. The lowest BCUT2D eigenvalue weighted by molar-refractivity contribution is -0.380. The molecule has 1 aromatic carbocycles. The van der Waals surface area contributed by atoms with Gasteiger partial charge in [0.25, 0.3) is 15.9 Å². The molecule has 3 rings (SSSR count). The number of sulfonamides is 1. The average Bonchev–Trinajstić information content (AvgIpc) is 3.22. The second-order valence-electron chi connectivity index (χ2n) is 5.80. The van der Waals surface area contributed by atoms with Crippen LogP contribution in [0.2, 0.25) is 0 Å². The normalized spacial score (nSPS) is 10.9. The minimum absolute atomic E-state index is 0. The summed E-state index contributed by atoms with van der Waals surface area (Å²) in [4.78, 5) is 30.5. The molecule has 0 bridgehead atoms. The number of hydrogen-bond acceptors (Lipinski definition) is 9. The Morgan fingerprint density at radius 1 is 1.16 bits per heavy atom. The van der Waals surface area contributed by atoms with E-state index in [1.807, 2.05) is 0 Å². The number of benzene rings is 1. The highest BCUT2D eigenvalue weighted by molar-refractivity contribution is 7.92. The van der Waals surface area contributed by atoms with Gasteiger partial charge in [-0.05, 0) is 36.4 Å². The zero-order chi connectivity index (χ0) is 22.4. The molecule has 0 aliphatic heterocycles. The maximum Gasteiger partial charge on any atom is 0.324 e. The number of anilines is 2. The van der Waals surface area contributed by atoms with Crippen molar-refractivity contribution in [2.24, 2.45) is 0 Å². The van der Waals surface area contributed by atoms with Gasteiger partial charge in [-0.25, -0.2) is 18.4 Å². The van der Waals surface area contributed by atoms with E-state index in [1.165, 1.54) is 68.1 Å². The summed E-state index contributed by atoms with van der Waals surface area (Å²) >= 11 is 0.939. The van der Waals surface area contributed by atoms with Crippen molar-refractivity contribution in [3.63, 3.8) is 0 Å². The van der Waals surface area contributed by atoms with Crippen LogP contribution in [0.5, 0.6) is 5.88 Å². The molecule has 13 heteroatoms. The Morgan fingerprint density at radius 2 is 1.84 bits per heavy atom. The molecule has 0 atom stereocenters. The van der Waals surface area contributed by atoms with Crippen LogP contribution in [0.15, 0.2) is 59.8 Å². The molecule has 32 heavy (non-hydrogen) atoms. The summed E-state index contributed by atoms with van der Waals surface area (Å²) in [6, 6.07) is 8.35. The number of aromatic nitrogens is 2. The van der Waals surface area contributed by atoms with Gasteiger partial charge in [-0.2, -0.15) is 0 Å². The van der Waals surface area contributed by atoms with E-state index >= 15 is 0 Å². The SMILES string of the molecule is C.COc1nccnc1NS(=O)(=O)c1ccc(NC(=O)/C=C/c2ccc([N+](=O)[O-])s2)cc1. The van der Waals surface area contributed by atoms with Gasteiger partial charge in [-0.1, -0.05) is 18.8 Å². The van der Waals surface area contributed by atoms with Crippen LogP contribution in [0, 0.1) is 10.1 Å². The van der Waals surface area contributed by atoms with E-state index in [9.17, 15) is 23.3 Å². The first-order chi connectivity index (χ1) is 14.8. The second kappa shape index (κ2) is 10.5. The predicted molar refractivity (Wildman–Crippen MR) is 121 cm³/mol. The molecule has 0 fully saturated rings. The molecule has 1 amide bonds. The Labute approximate surface area is 188 Å². The van der Waals surface area contributed by atoms with Gasteiger partial charge in [0.1, 0.15) is 0 Å². The van der Waals surface area contributed by atoms with E-state index in [-0.39, 0.29) is 29.0 Å². The van der Waals surface area contributed by atoms with Crippen molar-refractivity contribution in [3.05, 3.63) is 69.9 Å². The van der Waals surface area contributed by atoms with E-state index in [0.717, 1.165) is 11.3 Å². The number of methoxy groups -OCH3 is 1. The van der Waals surface area contributed by atoms with Crippen LogP contribution in [0.4, 0.5) is 16.5 Å². The summed E-state index contributed by atoms with van der Waals surface area (Å²) < 4.78 is 32.3. The van der Waals surface area contributed by atoms with E-state index in [0.29, 0.717) is 10.6 Å². The number of rotatable bonds is 8. The minimum atomic E-state index is -3.95. The molecular weight excluding hydrogens is 458 g/mol. The summed E-state index contributed by atoms with van der Waals surface area (Å²) in [5, 5.41) is 13.2. The van der Waals surface area contributed by atoms with E-state index in [1.54, 1.807) is 0 Å². The number of carbonyl (C=O) groups excluding carboxylic acids is 1. The first-order valence-corrected chi connectivity index (χ1v) is 10.8. The Kier molecular flexibility index (Phi) is 7.98. The van der Waals surface area contributed by atoms with Crippen molar-refractivity contribution in [1.29, 1.82) is 0 Å². The summed E-state index contributed by atoms with van der Waals surface area (Å²) in [5.74, 6) is -0.506. The summed E-state index contributed by atoms with van der Waals surface area (Å²) in [6.45, 7) is 0. The fourth-order valence-corrected chi connectivity index (χ4v) is 4.05. The molecule has 0 aliphatic rings. The Morgan fingerprint density at radius 3 is 2.47 bits per heavy atom. The lowest BCUT2D eigenvalue weighted by atomic mass is 10.3. The number of hydrogen-bond donors (Lipinski definition) is 2. The van der Waals surface area contributed by atoms with Gasteiger partial charge in [-0.15, -0.1) is 0 Å². The molecule has 0 radical (unpaired) electrons. The van der Waals surface area contributed by atoms with E-state index < -0.39 is 20.9 Å². The van der Waals surface area contributed by atoms with Crippen molar-refractivity contribution < 1.29 is 22.9 Å². The maximum absolute atomic E-state index is 12.5. The number of amides is 1. The average molecular weight is 478 g/mol. The van der Waals surface area contributed by atoms with Crippen LogP contribution < -0.4 is 14.8 Å². The van der Waals surface area contributed by atoms with Crippen LogP contribution in [-0.4, -0.2) is 36.3 Å². The molecule has 2 aromatic heterocycles. The molecule has 0 saturated heterocycles. The van der Waals surface area contributed by atoms with Crippen molar-refractivity contribution in [3.8, 4) is 5.88 Å². The highest BCUT2D eigenvalue weighted by Gasteiger charge is 2.18. The van der Waals surface area contributed by atoms with Gasteiger partial charge in [-0.3, -0.25) is 19.6 Å². The topological polar surface area (TPSA) is 153 Å². The monoisotopic (exact) mass is 477 g/mol. The minimum Gasteiger partial charge on any atom is -0.478 e. The van der Waals surface area contributed by atoms with Crippen LogP contribution in [0.25, 0.3) is 6.08 Å². The molecular formula is C19H19N5O6S2. The fourth-order valence-electron chi connectivity index (χ4n) is 2.32. The van der Waals surface area contributed by atoms with Gasteiger partial charge < -0.3 is 10.1 Å². The van der Waals surface area contributed by atoms with Crippen molar-refractivity contribution in [1.82, 2.24) is 9.97 Å². The van der Waals surface area contributed by atoms with E-state index in [4.69, 9.17) is 4.74 Å². The zero-order valence-corrected chi connectivity index (χ0v) is 17.5. The first kappa shape index (κ1) is 24.4. The highest BCUT2D eigenvalue weighted by Crippen LogP contribution is 2.25. The van der Waals surface area contributed by atoms with Gasteiger partial charge in [0.15, 0.2) is 0 Å². The maximum atomic E-state index is 12.5. The summed E-state index contributed by atoms with van der Waals surface area (Å²) in [5.41, 5.74) is 0.364. The number of nitrogens with one attached hydrogen (secondary N) is 2. The van der Waals surface area contributed by atoms with Crippen LogP contribution >= 0.6 is 11.3 Å². The standard InChI is InChI=1S/C18H15N5O6S2.CH4/c1-29-18-17(19-10-11-20-18)22-31(27,28)14-6-2-12(3-7-14)21-15(24)8-4-13-5-9-16(30-13)23(25)26;/h2-11H,1H3,(H,19,22)(H,21,24);1H4/b8-4+;. The summed E-state index contributed by atoms with van der Waals surface area (Å²) in [6.07, 6.45) is 5.36. The Hall–Kier alpha value is -3.84. The number of thiophene rings is 1. The number of nitrogens with zero attached hydrogens (tertiary/aromatic N) is 3. The van der Waals surface area contributed by atoms with Gasteiger partial charge in [0, 0.05) is 35.1 Å². The van der Waals surface area contributed by atoms with Crippen LogP contribution in [0.3, 0.4) is 0 Å².